The van der Waals surface area contributed by atoms with Gasteiger partial charge in [0.2, 0.25) is 0 Å². The third-order valence-corrected chi connectivity index (χ3v) is 3.85. The van der Waals surface area contributed by atoms with Crippen LogP contribution in [0.1, 0.15) is 43.0 Å². The van der Waals surface area contributed by atoms with Gasteiger partial charge in [-0.25, -0.2) is 0 Å². The summed E-state index contributed by atoms with van der Waals surface area (Å²) in [5.41, 5.74) is 3.79. The minimum Gasteiger partial charge on any atom is -0.306 e. The maximum atomic E-state index is 6.38. The number of benzene rings is 2. The van der Waals surface area contributed by atoms with Crippen LogP contribution in [0.3, 0.4) is 0 Å². The van der Waals surface area contributed by atoms with Gasteiger partial charge >= 0.3 is 0 Å². The van der Waals surface area contributed by atoms with Crippen molar-refractivity contribution in [2.75, 3.05) is 6.54 Å². The van der Waals surface area contributed by atoms with Crippen molar-refractivity contribution in [1.82, 2.24) is 5.32 Å². The Morgan fingerprint density at radius 3 is 2.55 bits per heavy atom. The molecule has 0 spiro atoms. The molecule has 20 heavy (non-hydrogen) atoms. The average Bonchev–Trinajstić information content (AvgIpc) is 2.49. The molecule has 0 saturated heterocycles. The molecule has 0 amide bonds. The van der Waals surface area contributed by atoms with E-state index in [1.165, 1.54) is 11.1 Å². The SMILES string of the molecule is CCCNC(c1cccc(CC)c1)c1ccccc1Cl. The first-order chi connectivity index (χ1) is 9.76. The zero-order chi connectivity index (χ0) is 14.4. The van der Waals surface area contributed by atoms with Crippen molar-refractivity contribution in [2.24, 2.45) is 0 Å². The number of hydrogen-bond acceptors (Lipinski definition) is 1. The first kappa shape index (κ1) is 15.1. The highest BCUT2D eigenvalue weighted by molar-refractivity contribution is 6.31. The molecule has 0 heterocycles. The maximum absolute atomic E-state index is 6.38. The second-order valence-corrected chi connectivity index (χ2v) is 5.41. The molecule has 0 saturated carbocycles. The molecule has 1 atom stereocenters. The van der Waals surface area contributed by atoms with Crippen molar-refractivity contribution in [1.29, 1.82) is 0 Å². The number of rotatable bonds is 6. The number of halogens is 1. The highest BCUT2D eigenvalue weighted by Crippen LogP contribution is 2.28. The lowest BCUT2D eigenvalue weighted by Gasteiger charge is -2.21. The van der Waals surface area contributed by atoms with Crippen LogP contribution in [0.15, 0.2) is 48.5 Å². The van der Waals surface area contributed by atoms with E-state index >= 15 is 0 Å². The van der Waals surface area contributed by atoms with Crippen molar-refractivity contribution in [3.8, 4) is 0 Å². The fourth-order valence-corrected chi connectivity index (χ4v) is 2.64. The molecule has 2 aromatic rings. The first-order valence-corrected chi connectivity index (χ1v) is 7.70. The lowest BCUT2D eigenvalue weighted by atomic mass is 9.96. The predicted octanol–water partition coefficient (Wildman–Crippen LogP) is 4.99. The Bertz CT molecular complexity index is 551. The van der Waals surface area contributed by atoms with Crippen LogP contribution in [0.25, 0.3) is 0 Å². The molecule has 106 valence electrons. The quantitative estimate of drug-likeness (QED) is 0.789. The predicted molar refractivity (Wildman–Crippen MR) is 87.4 cm³/mol. The third kappa shape index (κ3) is 3.62. The van der Waals surface area contributed by atoms with Gasteiger partial charge in [-0.2, -0.15) is 0 Å². The molecule has 2 rings (SSSR count). The minimum atomic E-state index is 0.162. The summed E-state index contributed by atoms with van der Waals surface area (Å²) in [5, 5.41) is 4.43. The summed E-state index contributed by atoms with van der Waals surface area (Å²) >= 11 is 6.38. The first-order valence-electron chi connectivity index (χ1n) is 7.33. The fourth-order valence-electron chi connectivity index (χ4n) is 2.40. The van der Waals surface area contributed by atoms with Crippen molar-refractivity contribution < 1.29 is 0 Å². The van der Waals surface area contributed by atoms with Crippen LogP contribution in [0.5, 0.6) is 0 Å². The van der Waals surface area contributed by atoms with Gasteiger partial charge in [-0.1, -0.05) is 67.9 Å². The van der Waals surface area contributed by atoms with Gasteiger partial charge in [-0.05, 0) is 42.1 Å². The summed E-state index contributed by atoms with van der Waals surface area (Å²) in [6, 6.07) is 17.0. The van der Waals surface area contributed by atoms with Crippen LogP contribution in [0, 0.1) is 0 Å². The van der Waals surface area contributed by atoms with E-state index < -0.39 is 0 Å². The van der Waals surface area contributed by atoms with E-state index in [1.54, 1.807) is 0 Å². The molecular formula is C18H22ClN. The molecule has 2 heteroatoms. The normalized spacial score (nSPS) is 12.3. The maximum Gasteiger partial charge on any atom is 0.0591 e. The molecule has 0 aromatic heterocycles. The van der Waals surface area contributed by atoms with Crippen LogP contribution >= 0.6 is 11.6 Å². The van der Waals surface area contributed by atoms with E-state index in [0.717, 1.165) is 30.0 Å². The van der Waals surface area contributed by atoms with Crippen LogP contribution < -0.4 is 5.32 Å². The Balaban J connectivity index is 2.38. The van der Waals surface area contributed by atoms with Gasteiger partial charge in [0.25, 0.3) is 0 Å². The lowest BCUT2D eigenvalue weighted by Crippen LogP contribution is -2.23. The van der Waals surface area contributed by atoms with Crippen molar-refractivity contribution in [3.63, 3.8) is 0 Å². The molecular weight excluding hydrogens is 266 g/mol. The summed E-state index contributed by atoms with van der Waals surface area (Å²) in [6.07, 6.45) is 2.16. The van der Waals surface area contributed by atoms with Gasteiger partial charge < -0.3 is 5.32 Å². The van der Waals surface area contributed by atoms with Gasteiger partial charge in [0.05, 0.1) is 6.04 Å². The summed E-state index contributed by atoms with van der Waals surface area (Å²) in [5.74, 6) is 0. The van der Waals surface area contributed by atoms with Gasteiger partial charge in [-0.3, -0.25) is 0 Å². The summed E-state index contributed by atoms with van der Waals surface area (Å²) in [6.45, 7) is 5.34. The summed E-state index contributed by atoms with van der Waals surface area (Å²) in [7, 11) is 0. The van der Waals surface area contributed by atoms with E-state index in [0.29, 0.717) is 0 Å². The second-order valence-electron chi connectivity index (χ2n) is 5.01. The van der Waals surface area contributed by atoms with E-state index in [2.05, 4.69) is 49.5 Å². The van der Waals surface area contributed by atoms with E-state index in [9.17, 15) is 0 Å². The van der Waals surface area contributed by atoms with Crippen molar-refractivity contribution >= 4 is 11.6 Å². The minimum absolute atomic E-state index is 0.162. The van der Waals surface area contributed by atoms with Gasteiger partial charge in [0, 0.05) is 5.02 Å². The molecule has 0 fully saturated rings. The molecule has 2 aromatic carbocycles. The molecule has 1 N–H and O–H groups in total. The van der Waals surface area contributed by atoms with E-state index in [-0.39, 0.29) is 6.04 Å². The monoisotopic (exact) mass is 287 g/mol. The van der Waals surface area contributed by atoms with Crippen LogP contribution in [-0.2, 0) is 6.42 Å². The number of aryl methyl sites for hydroxylation is 1. The number of hydrogen-bond donors (Lipinski definition) is 1. The Kier molecular flexibility index (Phi) is 5.63. The van der Waals surface area contributed by atoms with E-state index in [1.807, 2.05) is 18.2 Å². The Morgan fingerprint density at radius 1 is 1.05 bits per heavy atom. The standard InChI is InChI=1S/C18H22ClN/c1-3-12-20-18(16-10-5-6-11-17(16)19)15-9-7-8-14(4-2)13-15/h5-11,13,18,20H,3-4,12H2,1-2H3. The summed E-state index contributed by atoms with van der Waals surface area (Å²) < 4.78 is 0. The smallest absolute Gasteiger partial charge is 0.0591 e. The topological polar surface area (TPSA) is 12.0 Å². The van der Waals surface area contributed by atoms with E-state index in [4.69, 9.17) is 11.6 Å². The van der Waals surface area contributed by atoms with Crippen LogP contribution in [0.2, 0.25) is 5.02 Å². The van der Waals surface area contributed by atoms with Crippen molar-refractivity contribution in [3.05, 3.63) is 70.2 Å². The molecule has 1 unspecified atom stereocenters. The largest absolute Gasteiger partial charge is 0.306 e. The zero-order valence-electron chi connectivity index (χ0n) is 12.2. The van der Waals surface area contributed by atoms with Gasteiger partial charge in [0.1, 0.15) is 0 Å². The Labute approximate surface area is 127 Å². The Hall–Kier alpha value is -1.31. The second kappa shape index (κ2) is 7.47. The molecule has 1 nitrogen and oxygen atoms in total. The van der Waals surface area contributed by atoms with Crippen molar-refractivity contribution in [2.45, 2.75) is 32.7 Å². The highest BCUT2D eigenvalue weighted by Gasteiger charge is 2.16. The molecule has 0 aliphatic carbocycles. The lowest BCUT2D eigenvalue weighted by molar-refractivity contribution is 0.598. The Morgan fingerprint density at radius 2 is 1.85 bits per heavy atom. The fraction of sp³-hybridized carbons (Fsp3) is 0.333. The van der Waals surface area contributed by atoms with Crippen LogP contribution in [0.4, 0.5) is 0 Å². The highest BCUT2D eigenvalue weighted by atomic mass is 35.5. The zero-order valence-corrected chi connectivity index (χ0v) is 13.0. The van der Waals surface area contributed by atoms with Gasteiger partial charge in [-0.15, -0.1) is 0 Å². The average molecular weight is 288 g/mol. The van der Waals surface area contributed by atoms with Gasteiger partial charge in [0.15, 0.2) is 0 Å². The summed E-state index contributed by atoms with van der Waals surface area (Å²) in [4.78, 5) is 0. The molecule has 0 aliphatic heterocycles. The number of nitrogens with one attached hydrogen (secondary N) is 1. The van der Waals surface area contributed by atoms with Crippen LogP contribution in [-0.4, -0.2) is 6.54 Å². The molecule has 0 radical (unpaired) electrons. The molecule has 0 bridgehead atoms. The third-order valence-electron chi connectivity index (χ3n) is 3.51. The molecule has 0 aliphatic rings.